The van der Waals surface area contributed by atoms with Gasteiger partial charge in [0.05, 0.1) is 44.9 Å². The Labute approximate surface area is 328 Å². The third kappa shape index (κ3) is 6.27. The zero-order valence-corrected chi connectivity index (χ0v) is 35.7. The lowest BCUT2D eigenvalue weighted by Crippen LogP contribution is -2.42. The van der Waals surface area contributed by atoms with Crippen LogP contribution in [0.3, 0.4) is 0 Å². The van der Waals surface area contributed by atoms with Crippen LogP contribution in [0.5, 0.6) is 0 Å². The molecule has 0 unspecified atom stereocenters. The van der Waals surface area contributed by atoms with E-state index in [1.54, 1.807) is 0 Å². The molecule has 0 fully saturated rings. The highest BCUT2D eigenvalue weighted by molar-refractivity contribution is 6.74. The van der Waals surface area contributed by atoms with Crippen molar-refractivity contribution in [1.82, 2.24) is 0 Å². The maximum atomic E-state index is 9.65. The Morgan fingerprint density at radius 2 is 1.31 bits per heavy atom. The van der Waals surface area contributed by atoms with Crippen LogP contribution in [0, 0.1) is 10.8 Å². The molecule has 55 heavy (non-hydrogen) atoms. The summed E-state index contributed by atoms with van der Waals surface area (Å²) in [4.78, 5) is 2.11. The van der Waals surface area contributed by atoms with Gasteiger partial charge in [-0.05, 0) is 76.8 Å². The van der Waals surface area contributed by atoms with Crippen LogP contribution in [-0.2, 0) is 5.41 Å². The van der Waals surface area contributed by atoms with Gasteiger partial charge in [0.1, 0.15) is 5.71 Å². The Morgan fingerprint density at radius 1 is 0.655 bits per heavy atom. The second kappa shape index (κ2) is 13.7. The Bertz CT molecular complexity index is 2640. The minimum Gasteiger partial charge on any atom is -0.321 e. The van der Waals surface area contributed by atoms with Gasteiger partial charge in [-0.25, -0.2) is 0 Å². The van der Waals surface area contributed by atoms with E-state index in [-0.39, 0.29) is 5.41 Å². The van der Waals surface area contributed by atoms with E-state index in [0.29, 0.717) is 28.5 Å². The van der Waals surface area contributed by atoms with Crippen molar-refractivity contribution >= 4 is 60.4 Å². The lowest BCUT2D eigenvalue weighted by molar-refractivity contribution is 0.662. The van der Waals surface area contributed by atoms with Crippen LogP contribution in [0.25, 0.3) is 27.8 Å². The van der Waals surface area contributed by atoms with Gasteiger partial charge in [0.2, 0.25) is 0 Å². The van der Waals surface area contributed by atoms with Crippen LogP contribution < -0.4 is 15.6 Å². The van der Waals surface area contributed by atoms with E-state index in [1.807, 2.05) is 54.6 Å². The van der Waals surface area contributed by atoms with E-state index in [1.165, 1.54) is 27.8 Å². The van der Waals surface area contributed by atoms with Gasteiger partial charge in [0.15, 0.2) is 17.9 Å². The summed E-state index contributed by atoms with van der Waals surface area (Å²) in [5, 5.41) is 21.0. The fraction of sp³-hybridized carbons (Fsp3) is 0.200. The minimum atomic E-state index is -2.46. The van der Waals surface area contributed by atoms with Gasteiger partial charge < -0.3 is 14.2 Å². The minimum absolute atomic E-state index is 0.202. The second-order valence-electron chi connectivity index (χ2n) is 15.8. The summed E-state index contributed by atoms with van der Waals surface area (Å²) in [6, 6.07) is 29.8. The molecule has 272 valence electrons. The first kappa shape index (κ1) is 36.5. The molecule has 0 bridgehead atoms. The first-order chi connectivity index (χ1) is 26.3. The fourth-order valence-electron chi connectivity index (χ4n) is 8.23. The van der Waals surface area contributed by atoms with E-state index >= 15 is 0 Å². The normalized spacial score (nSPS) is 19.1. The number of anilines is 1. The molecule has 4 aliphatic rings. The first-order valence-electron chi connectivity index (χ1n) is 18.8. The summed E-state index contributed by atoms with van der Waals surface area (Å²) in [7, 11) is -4.67. The summed E-state index contributed by atoms with van der Waals surface area (Å²) < 4.78 is 21.1. The van der Waals surface area contributed by atoms with Crippen molar-refractivity contribution < 1.29 is 0 Å². The highest BCUT2D eigenvalue weighted by Crippen LogP contribution is 2.51. The van der Waals surface area contributed by atoms with Crippen LogP contribution in [0.2, 0.25) is 39.3 Å². The van der Waals surface area contributed by atoms with Crippen molar-refractivity contribution in [3.63, 3.8) is 0 Å². The van der Waals surface area contributed by atoms with E-state index in [2.05, 4.69) is 119 Å². The van der Waals surface area contributed by atoms with Crippen LogP contribution in [0.4, 0.5) is 5.69 Å². The first-order valence-corrected chi connectivity index (χ1v) is 26.5. The van der Waals surface area contributed by atoms with Crippen molar-refractivity contribution in [2.75, 3.05) is 4.90 Å². The Kier molecular flexibility index (Phi) is 9.10. The Balaban J connectivity index is 1.40. The molecule has 2 radical (unpaired) electrons. The summed E-state index contributed by atoms with van der Waals surface area (Å²) in [6.45, 7) is 17.6. The van der Waals surface area contributed by atoms with Crippen LogP contribution in [0.15, 0.2) is 145 Å². The summed E-state index contributed by atoms with van der Waals surface area (Å²) >= 11 is 0. The van der Waals surface area contributed by atoms with Gasteiger partial charge in [-0.1, -0.05) is 125 Å². The predicted octanol–water partition coefficient (Wildman–Crippen LogP) is 9.28. The molecule has 10 heteroatoms. The number of rotatable bonds is 7. The average Bonchev–Trinajstić information content (AvgIpc) is 3.60. The number of hydrogen-bond acceptors (Lipinski definition) is 7. The number of benzene rings is 4. The molecule has 1 aliphatic heterocycles. The third-order valence-corrected chi connectivity index (χ3v) is 13.3. The molecule has 1 heterocycles. The monoisotopic (exact) mass is 767 g/mol. The maximum absolute atomic E-state index is 9.65. The van der Waals surface area contributed by atoms with Crippen LogP contribution in [0.1, 0.15) is 30.5 Å². The van der Waals surface area contributed by atoms with Crippen LogP contribution in [-0.4, -0.2) is 49.2 Å². The van der Waals surface area contributed by atoms with Gasteiger partial charge in [0, 0.05) is 16.6 Å². The topological polar surface area (TPSA) is 100 Å². The Morgan fingerprint density at radius 3 is 2.04 bits per heavy atom. The van der Waals surface area contributed by atoms with Gasteiger partial charge >= 0.3 is 0 Å². The number of allylic oxidation sites excluding steroid dienone is 8. The number of fused-ring (bicyclic) bond motifs is 4. The summed E-state index contributed by atoms with van der Waals surface area (Å²) in [5.41, 5.74) is 13.2. The maximum Gasteiger partial charge on any atom is 0.298 e. The molecule has 4 aromatic rings. The molecular formula is C45H45N7Si3. The van der Waals surface area contributed by atoms with Gasteiger partial charge in [-0.3, -0.25) is 20.1 Å². The molecule has 3 aliphatic carbocycles. The zero-order chi connectivity index (χ0) is 38.8. The largest absolute Gasteiger partial charge is 0.321 e. The van der Waals surface area contributed by atoms with Crippen molar-refractivity contribution in [2.24, 2.45) is 18.6 Å². The molecule has 0 spiro atoms. The van der Waals surface area contributed by atoms with Gasteiger partial charge in [-0.2, -0.15) is 0 Å². The van der Waals surface area contributed by atoms with Crippen molar-refractivity contribution in [3.05, 3.63) is 154 Å². The second-order valence-corrected chi connectivity index (χ2v) is 23.5. The van der Waals surface area contributed by atoms with Gasteiger partial charge in [-0.15, -0.1) is 0 Å². The molecule has 2 N–H and O–H groups in total. The van der Waals surface area contributed by atoms with Crippen molar-refractivity contribution in [3.8, 4) is 22.3 Å². The fourth-order valence-corrected chi connectivity index (χ4v) is 11.2. The highest BCUT2D eigenvalue weighted by atomic mass is 28.3. The molecular weight excluding hydrogens is 723 g/mol. The van der Waals surface area contributed by atoms with E-state index in [4.69, 9.17) is 18.6 Å². The quantitative estimate of drug-likeness (QED) is 0.142. The molecule has 4 aromatic carbocycles. The molecule has 0 saturated heterocycles. The predicted molar refractivity (Wildman–Crippen MR) is 237 cm³/mol. The molecule has 8 rings (SSSR count). The van der Waals surface area contributed by atoms with Crippen molar-refractivity contribution in [2.45, 2.75) is 58.5 Å². The lowest BCUT2D eigenvalue weighted by atomic mass is 9.78. The summed E-state index contributed by atoms with van der Waals surface area (Å²) in [5.74, 6) is 0. The molecule has 0 amide bonds. The lowest BCUT2D eigenvalue weighted by Gasteiger charge is -2.34. The molecule has 0 saturated carbocycles. The summed E-state index contributed by atoms with van der Waals surface area (Å²) in [6.07, 6.45) is 9.99. The zero-order valence-electron chi connectivity index (χ0n) is 32.7. The standard InChI is InChI=1S/C45H45N7Si3/c1-45(2)34-21-13-12-18-30(34)31-19-14-20-32(39(31)45)33-25-27-38(44-42(33)50-55(7,8)51-44)52(36-23-15-22-35(41(36)47)48-53(3)4)37-26-24-29(28-16-10-9-11-17-28)40(46)43(37)49-54(5)6/h9-27,46-47H,1-8H3/b46-40?,47-41?,48-35-,49-43-. The van der Waals surface area contributed by atoms with Crippen molar-refractivity contribution in [1.29, 1.82) is 10.8 Å². The SMILES string of the molecule is C[Si](C)/N=C1/C=CC=C(N(C2=CC=C(c3ccccc3)C(=N)/C2=N\[Si](C)C)c2ccc(-c3cccc4c3C(C)(C)c3ccccc3-4)c3c2=N[Si](C)(C)N=3)C1=N. The molecule has 7 nitrogen and oxygen atoms in total. The van der Waals surface area contributed by atoms with Crippen LogP contribution >= 0.6 is 0 Å². The molecule has 0 aromatic heterocycles. The number of nitrogens with one attached hydrogen (secondary N) is 2. The van der Waals surface area contributed by atoms with E-state index in [0.717, 1.165) is 38.8 Å². The smallest absolute Gasteiger partial charge is 0.298 e. The Hall–Kier alpha value is -5.43. The average molecular weight is 768 g/mol. The van der Waals surface area contributed by atoms with Gasteiger partial charge in [0.25, 0.3) is 8.40 Å². The highest BCUT2D eigenvalue weighted by Gasteiger charge is 2.39. The van der Waals surface area contributed by atoms with E-state index in [9.17, 15) is 10.8 Å². The number of nitrogens with zero attached hydrogens (tertiary/aromatic N) is 5. The van der Waals surface area contributed by atoms with E-state index < -0.39 is 26.3 Å². The third-order valence-electron chi connectivity index (χ3n) is 10.4. The molecule has 0 atom stereocenters. The number of hydrogen-bond donors (Lipinski definition) is 2.